The first-order valence-electron chi connectivity index (χ1n) is 5.79. The van der Waals surface area contributed by atoms with Gasteiger partial charge in [-0.1, -0.05) is 6.07 Å². The maximum Gasteiger partial charge on any atom is 0.165 e. The SMILES string of the molecule is N#Cc1cc(F)cc(COc2ccc(CCl)cc2F)c1. The topological polar surface area (TPSA) is 33.0 Å². The fourth-order valence-electron chi connectivity index (χ4n) is 1.70. The molecule has 0 atom stereocenters. The van der Waals surface area contributed by atoms with Crippen LogP contribution in [0.2, 0.25) is 0 Å². The van der Waals surface area contributed by atoms with E-state index in [2.05, 4.69) is 0 Å². The molecule has 2 aromatic rings. The molecular weight excluding hydrogens is 284 g/mol. The lowest BCUT2D eigenvalue weighted by Crippen LogP contribution is -1.99. The molecule has 0 N–H and O–H groups in total. The molecule has 20 heavy (non-hydrogen) atoms. The van der Waals surface area contributed by atoms with E-state index >= 15 is 0 Å². The van der Waals surface area contributed by atoms with Crippen LogP contribution in [0.15, 0.2) is 36.4 Å². The zero-order chi connectivity index (χ0) is 14.5. The van der Waals surface area contributed by atoms with Gasteiger partial charge in [-0.2, -0.15) is 5.26 Å². The minimum atomic E-state index is -0.528. The van der Waals surface area contributed by atoms with Gasteiger partial charge in [-0.25, -0.2) is 8.78 Å². The molecule has 2 aromatic carbocycles. The van der Waals surface area contributed by atoms with E-state index in [0.717, 1.165) is 6.07 Å². The van der Waals surface area contributed by atoms with Crippen molar-refractivity contribution in [3.63, 3.8) is 0 Å². The lowest BCUT2D eigenvalue weighted by atomic mass is 10.1. The molecular formula is C15H10ClF2NO. The Morgan fingerprint density at radius 3 is 2.55 bits per heavy atom. The van der Waals surface area contributed by atoms with Crippen molar-refractivity contribution < 1.29 is 13.5 Å². The summed E-state index contributed by atoms with van der Waals surface area (Å²) < 4.78 is 32.2. The van der Waals surface area contributed by atoms with E-state index in [9.17, 15) is 8.78 Å². The molecule has 0 bridgehead atoms. The summed E-state index contributed by atoms with van der Waals surface area (Å²) in [6.45, 7) is -0.0242. The third-order valence-corrected chi connectivity index (χ3v) is 2.94. The van der Waals surface area contributed by atoms with Gasteiger partial charge in [0.2, 0.25) is 0 Å². The van der Waals surface area contributed by atoms with Crippen LogP contribution in [0.1, 0.15) is 16.7 Å². The summed E-state index contributed by atoms with van der Waals surface area (Å²) in [5.41, 5.74) is 1.30. The van der Waals surface area contributed by atoms with E-state index in [0.29, 0.717) is 11.1 Å². The smallest absolute Gasteiger partial charge is 0.165 e. The Hall–Kier alpha value is -2.12. The number of rotatable bonds is 4. The Balaban J connectivity index is 2.13. The Morgan fingerprint density at radius 1 is 1.10 bits per heavy atom. The predicted molar refractivity (Wildman–Crippen MR) is 71.4 cm³/mol. The monoisotopic (exact) mass is 293 g/mol. The first kappa shape index (κ1) is 14.3. The molecule has 2 rings (SSSR count). The third-order valence-electron chi connectivity index (χ3n) is 2.63. The largest absolute Gasteiger partial charge is 0.486 e. The average Bonchev–Trinajstić information content (AvgIpc) is 2.45. The molecule has 102 valence electrons. The Morgan fingerprint density at radius 2 is 1.90 bits per heavy atom. The second-order valence-corrected chi connectivity index (χ2v) is 4.41. The highest BCUT2D eigenvalue weighted by Gasteiger charge is 2.06. The number of alkyl halides is 1. The van der Waals surface area contributed by atoms with Crippen molar-refractivity contribution in [1.29, 1.82) is 5.26 Å². The number of ether oxygens (including phenoxy) is 1. The van der Waals surface area contributed by atoms with Gasteiger partial charge in [-0.15, -0.1) is 11.6 Å². The number of halogens is 3. The van der Waals surface area contributed by atoms with E-state index in [-0.39, 0.29) is 23.8 Å². The van der Waals surface area contributed by atoms with Crippen LogP contribution in [-0.4, -0.2) is 0 Å². The number of nitrogens with zero attached hydrogens (tertiary/aromatic N) is 1. The summed E-state index contributed by atoms with van der Waals surface area (Å²) in [6.07, 6.45) is 0. The minimum absolute atomic E-state index is 0.0242. The highest BCUT2D eigenvalue weighted by molar-refractivity contribution is 6.17. The van der Waals surface area contributed by atoms with Gasteiger partial charge in [0.1, 0.15) is 12.4 Å². The second-order valence-electron chi connectivity index (χ2n) is 4.15. The van der Waals surface area contributed by atoms with E-state index < -0.39 is 11.6 Å². The maximum absolute atomic E-state index is 13.7. The van der Waals surface area contributed by atoms with Gasteiger partial charge in [0.05, 0.1) is 11.6 Å². The van der Waals surface area contributed by atoms with Crippen molar-refractivity contribution >= 4 is 11.6 Å². The van der Waals surface area contributed by atoms with Crippen molar-refractivity contribution in [2.24, 2.45) is 0 Å². The number of hydrogen-bond donors (Lipinski definition) is 0. The van der Waals surface area contributed by atoms with Gasteiger partial charge in [0.25, 0.3) is 0 Å². The molecule has 0 aliphatic carbocycles. The number of hydrogen-bond acceptors (Lipinski definition) is 2. The standard InChI is InChI=1S/C15H10ClF2NO/c16-7-10-1-2-15(14(18)6-10)20-9-12-3-11(8-19)4-13(17)5-12/h1-6H,7,9H2. The summed E-state index contributed by atoms with van der Waals surface area (Å²) in [7, 11) is 0. The third kappa shape index (κ3) is 3.46. The zero-order valence-corrected chi connectivity index (χ0v) is 11.1. The highest BCUT2D eigenvalue weighted by Crippen LogP contribution is 2.21. The molecule has 0 spiro atoms. The molecule has 0 saturated carbocycles. The van der Waals surface area contributed by atoms with Crippen molar-refractivity contribution in [2.75, 3.05) is 0 Å². The first-order valence-corrected chi connectivity index (χ1v) is 6.32. The van der Waals surface area contributed by atoms with Crippen LogP contribution in [0.4, 0.5) is 8.78 Å². The Labute approximate surface area is 120 Å². The summed E-state index contributed by atoms with van der Waals surface area (Å²) in [4.78, 5) is 0. The fraction of sp³-hybridized carbons (Fsp3) is 0.133. The Kier molecular flexibility index (Phi) is 4.54. The van der Waals surface area contributed by atoms with Crippen molar-refractivity contribution in [3.05, 3.63) is 64.7 Å². The Bertz CT molecular complexity index is 667. The average molecular weight is 294 g/mol. The predicted octanol–water partition coefficient (Wildman–Crippen LogP) is 4.15. The molecule has 2 nitrogen and oxygen atoms in total. The van der Waals surface area contributed by atoms with E-state index in [1.165, 1.54) is 24.3 Å². The van der Waals surface area contributed by atoms with Crippen LogP contribution in [0.3, 0.4) is 0 Å². The fourth-order valence-corrected chi connectivity index (χ4v) is 1.87. The van der Waals surface area contributed by atoms with Crippen LogP contribution >= 0.6 is 11.6 Å². The minimum Gasteiger partial charge on any atom is -0.486 e. The lowest BCUT2D eigenvalue weighted by molar-refractivity contribution is 0.289. The van der Waals surface area contributed by atoms with Gasteiger partial charge >= 0.3 is 0 Å². The molecule has 0 aliphatic heterocycles. The summed E-state index contributed by atoms with van der Waals surface area (Å²) in [6, 6.07) is 10.1. The van der Waals surface area contributed by atoms with Gasteiger partial charge in [-0.3, -0.25) is 0 Å². The zero-order valence-electron chi connectivity index (χ0n) is 10.4. The molecule has 0 fully saturated rings. The van der Waals surface area contributed by atoms with Gasteiger partial charge in [0, 0.05) is 5.88 Å². The molecule has 0 saturated heterocycles. The molecule has 0 aliphatic rings. The highest BCUT2D eigenvalue weighted by atomic mass is 35.5. The van der Waals surface area contributed by atoms with Gasteiger partial charge in [-0.05, 0) is 41.5 Å². The summed E-state index contributed by atoms with van der Waals surface area (Å²) in [5.74, 6) is -0.783. The van der Waals surface area contributed by atoms with Gasteiger partial charge in [0.15, 0.2) is 11.6 Å². The van der Waals surface area contributed by atoms with Crippen LogP contribution < -0.4 is 4.74 Å². The molecule has 5 heteroatoms. The normalized spacial score (nSPS) is 10.1. The van der Waals surface area contributed by atoms with Gasteiger partial charge < -0.3 is 4.74 Å². The summed E-state index contributed by atoms with van der Waals surface area (Å²) in [5, 5.41) is 8.74. The summed E-state index contributed by atoms with van der Waals surface area (Å²) >= 11 is 5.60. The molecule has 0 heterocycles. The second kappa shape index (κ2) is 6.36. The van der Waals surface area contributed by atoms with Crippen molar-refractivity contribution in [1.82, 2.24) is 0 Å². The number of nitriles is 1. The van der Waals surface area contributed by atoms with Crippen LogP contribution in [-0.2, 0) is 12.5 Å². The van der Waals surface area contributed by atoms with Crippen molar-refractivity contribution in [2.45, 2.75) is 12.5 Å². The molecule has 0 amide bonds. The quantitative estimate of drug-likeness (QED) is 0.793. The van der Waals surface area contributed by atoms with E-state index in [4.69, 9.17) is 21.6 Å². The maximum atomic E-state index is 13.7. The molecule has 0 radical (unpaired) electrons. The van der Waals surface area contributed by atoms with Crippen LogP contribution in [0.5, 0.6) is 5.75 Å². The number of benzene rings is 2. The van der Waals surface area contributed by atoms with Crippen molar-refractivity contribution in [3.8, 4) is 11.8 Å². The lowest BCUT2D eigenvalue weighted by Gasteiger charge is -2.08. The molecule has 0 aromatic heterocycles. The van der Waals surface area contributed by atoms with Crippen LogP contribution in [0, 0.1) is 23.0 Å². The van der Waals surface area contributed by atoms with Crippen LogP contribution in [0.25, 0.3) is 0 Å². The molecule has 0 unspecified atom stereocenters. The first-order chi connectivity index (χ1) is 9.62. The van der Waals surface area contributed by atoms with E-state index in [1.54, 1.807) is 6.07 Å². The van der Waals surface area contributed by atoms with E-state index in [1.807, 2.05) is 6.07 Å².